The molecule has 2 aromatic carbocycles. The van der Waals surface area contributed by atoms with Gasteiger partial charge in [0.1, 0.15) is 0 Å². The smallest absolute Gasteiger partial charge is 0.264 e. The van der Waals surface area contributed by atoms with Crippen molar-refractivity contribution < 1.29 is 22.7 Å². The number of hydrogen-bond donors (Lipinski definition) is 1. The zero-order valence-corrected chi connectivity index (χ0v) is 22.1. The highest BCUT2D eigenvalue weighted by molar-refractivity contribution is 7.92. The minimum Gasteiger partial charge on any atom is -0.619 e. The van der Waals surface area contributed by atoms with Crippen molar-refractivity contribution in [2.45, 2.75) is 50.5 Å². The van der Waals surface area contributed by atoms with E-state index in [2.05, 4.69) is 4.72 Å². The minimum absolute atomic E-state index is 0.0115. The van der Waals surface area contributed by atoms with Crippen LogP contribution in [0.4, 0.5) is 5.69 Å². The van der Waals surface area contributed by atoms with Crippen LogP contribution in [0.15, 0.2) is 65.8 Å². The van der Waals surface area contributed by atoms with Gasteiger partial charge in [0.15, 0.2) is 12.4 Å². The number of carbonyl (C=O) groups excluding carboxylic acids is 2. The van der Waals surface area contributed by atoms with E-state index in [4.69, 9.17) is 11.6 Å². The molecule has 1 aromatic heterocycles. The summed E-state index contributed by atoms with van der Waals surface area (Å²) in [4.78, 5) is 28.0. The Labute approximate surface area is 215 Å². The number of halogens is 1. The predicted octanol–water partition coefficient (Wildman–Crippen LogP) is 4.60. The Hall–Kier alpha value is -3.43. The molecule has 0 unspecified atom stereocenters. The van der Waals surface area contributed by atoms with Crippen molar-refractivity contribution in [3.63, 3.8) is 0 Å². The molecule has 36 heavy (non-hydrogen) atoms. The molecule has 0 radical (unpaired) electrons. The third kappa shape index (κ3) is 4.33. The number of imide groups is 1. The number of carbonyl (C=O) groups is 2. The van der Waals surface area contributed by atoms with Crippen LogP contribution in [0.5, 0.6) is 0 Å². The molecule has 0 atom stereocenters. The van der Waals surface area contributed by atoms with Crippen molar-refractivity contribution in [3.05, 3.63) is 93.4 Å². The lowest BCUT2D eigenvalue weighted by atomic mass is 9.87. The summed E-state index contributed by atoms with van der Waals surface area (Å²) < 4.78 is 29.4. The van der Waals surface area contributed by atoms with Crippen LogP contribution >= 0.6 is 11.6 Å². The molecule has 1 N–H and O–H groups in total. The summed E-state index contributed by atoms with van der Waals surface area (Å²) in [5.74, 6) is -1.40. The number of anilines is 1. The Morgan fingerprint density at radius 1 is 0.889 bits per heavy atom. The van der Waals surface area contributed by atoms with E-state index in [0.29, 0.717) is 10.3 Å². The van der Waals surface area contributed by atoms with Gasteiger partial charge in [-0.3, -0.25) is 19.2 Å². The average Bonchev–Trinajstić information content (AvgIpc) is 3.07. The van der Waals surface area contributed by atoms with Crippen molar-refractivity contribution >= 4 is 39.1 Å². The highest BCUT2D eigenvalue weighted by Gasteiger charge is 2.48. The molecule has 0 saturated carbocycles. The van der Waals surface area contributed by atoms with Gasteiger partial charge < -0.3 is 5.21 Å². The number of amides is 2. The van der Waals surface area contributed by atoms with Crippen molar-refractivity contribution in [1.29, 1.82) is 0 Å². The molecule has 2 amide bonds. The van der Waals surface area contributed by atoms with Crippen LogP contribution in [0.1, 0.15) is 66.5 Å². The Kier molecular flexibility index (Phi) is 6.13. The highest BCUT2D eigenvalue weighted by atomic mass is 35.5. The minimum atomic E-state index is -4.08. The van der Waals surface area contributed by atoms with Gasteiger partial charge in [-0.1, -0.05) is 44.5 Å². The largest absolute Gasteiger partial charge is 0.619 e. The molecule has 4 rings (SSSR count). The Morgan fingerprint density at radius 2 is 1.50 bits per heavy atom. The monoisotopic (exact) mass is 527 g/mol. The van der Waals surface area contributed by atoms with Crippen molar-refractivity contribution in [1.82, 2.24) is 4.90 Å². The SMILES string of the molecule is CC(C)(C)c1ccc(S(=O)(=O)Nc2ccc(Cl)c3c2C(=O)N(C(C)(C)c2ccc[n+]([O-])c2)C3=O)cc1. The number of benzene rings is 2. The summed E-state index contributed by atoms with van der Waals surface area (Å²) in [6, 6.07) is 12.3. The standard InChI is InChI=1S/C26H26ClN3O5S/c1-25(2,3)16-8-10-18(11-9-16)36(34,35)28-20-13-12-19(27)21-22(20)24(32)30(23(21)31)26(4,5)17-7-6-14-29(33)15-17/h6-15,28H,1-5H3. The normalized spacial score (nSPS) is 14.2. The number of aromatic nitrogens is 1. The zero-order valence-electron chi connectivity index (χ0n) is 20.5. The summed E-state index contributed by atoms with van der Waals surface area (Å²) >= 11 is 6.31. The zero-order chi connectivity index (χ0) is 26.6. The topological polar surface area (TPSA) is 110 Å². The molecule has 0 saturated heterocycles. The number of hydrogen-bond acceptors (Lipinski definition) is 5. The van der Waals surface area contributed by atoms with Gasteiger partial charge in [0.2, 0.25) is 0 Å². The first-order valence-corrected chi connectivity index (χ1v) is 13.0. The molecule has 8 nitrogen and oxygen atoms in total. The second-order valence-corrected chi connectivity index (χ2v) is 12.3. The van der Waals surface area contributed by atoms with Gasteiger partial charge in [-0.25, -0.2) is 8.42 Å². The number of pyridine rings is 1. The van der Waals surface area contributed by atoms with Crippen LogP contribution in [-0.4, -0.2) is 25.1 Å². The van der Waals surface area contributed by atoms with E-state index in [0.717, 1.165) is 10.5 Å². The third-order valence-electron chi connectivity index (χ3n) is 6.30. The van der Waals surface area contributed by atoms with E-state index < -0.39 is 27.4 Å². The molecular formula is C26H26ClN3O5S. The summed E-state index contributed by atoms with van der Waals surface area (Å²) in [5, 5.41) is 11.9. The fraction of sp³-hybridized carbons (Fsp3) is 0.269. The second kappa shape index (κ2) is 8.60. The molecule has 0 spiro atoms. The fourth-order valence-corrected chi connectivity index (χ4v) is 5.51. The van der Waals surface area contributed by atoms with Gasteiger partial charge >= 0.3 is 0 Å². The quantitative estimate of drug-likeness (QED) is 0.296. The van der Waals surface area contributed by atoms with E-state index in [1.54, 1.807) is 32.0 Å². The van der Waals surface area contributed by atoms with E-state index in [1.165, 1.54) is 42.7 Å². The summed E-state index contributed by atoms with van der Waals surface area (Å²) in [5.41, 5.74) is -0.273. The third-order valence-corrected chi connectivity index (χ3v) is 8.00. The molecule has 1 aliphatic rings. The summed E-state index contributed by atoms with van der Waals surface area (Å²) in [7, 11) is -4.08. The van der Waals surface area contributed by atoms with Crippen LogP contribution < -0.4 is 9.45 Å². The molecule has 2 heterocycles. The number of nitrogens with one attached hydrogen (secondary N) is 1. The summed E-state index contributed by atoms with van der Waals surface area (Å²) in [6.45, 7) is 9.31. The predicted molar refractivity (Wildman–Crippen MR) is 136 cm³/mol. The molecule has 0 fully saturated rings. The van der Waals surface area contributed by atoms with E-state index in [9.17, 15) is 23.2 Å². The van der Waals surface area contributed by atoms with Gasteiger partial charge in [0.05, 0.1) is 32.3 Å². The van der Waals surface area contributed by atoms with Gasteiger partial charge in [0, 0.05) is 11.6 Å². The lowest BCUT2D eigenvalue weighted by Crippen LogP contribution is -2.46. The van der Waals surface area contributed by atoms with Crippen molar-refractivity contribution in [3.8, 4) is 0 Å². The summed E-state index contributed by atoms with van der Waals surface area (Å²) in [6.07, 6.45) is 2.57. The molecule has 1 aliphatic heterocycles. The maximum absolute atomic E-state index is 13.6. The first kappa shape index (κ1) is 25.7. The van der Waals surface area contributed by atoms with E-state index >= 15 is 0 Å². The van der Waals surface area contributed by atoms with Crippen molar-refractivity contribution in [2.75, 3.05) is 4.72 Å². The van der Waals surface area contributed by atoms with Crippen LogP contribution in [0.3, 0.4) is 0 Å². The van der Waals surface area contributed by atoms with Gasteiger partial charge in [0.25, 0.3) is 21.8 Å². The number of fused-ring (bicyclic) bond motifs is 1. The molecule has 3 aromatic rings. The lowest BCUT2D eigenvalue weighted by Gasteiger charge is -2.33. The average molecular weight is 528 g/mol. The number of sulfonamides is 1. The molecular weight excluding hydrogens is 502 g/mol. The maximum atomic E-state index is 13.6. The molecule has 0 aliphatic carbocycles. The lowest BCUT2D eigenvalue weighted by molar-refractivity contribution is -0.606. The first-order valence-electron chi connectivity index (χ1n) is 11.2. The van der Waals surface area contributed by atoms with Crippen LogP contribution in [0, 0.1) is 5.21 Å². The molecule has 188 valence electrons. The number of rotatable bonds is 5. The van der Waals surface area contributed by atoms with Crippen LogP contribution in [-0.2, 0) is 21.0 Å². The van der Waals surface area contributed by atoms with Crippen LogP contribution in [0.25, 0.3) is 0 Å². The maximum Gasteiger partial charge on any atom is 0.264 e. The Bertz CT molecular complexity index is 1490. The highest BCUT2D eigenvalue weighted by Crippen LogP contribution is 2.41. The molecule has 10 heteroatoms. The fourth-order valence-electron chi connectivity index (χ4n) is 4.20. The van der Waals surface area contributed by atoms with Gasteiger partial charge in [-0.2, -0.15) is 4.73 Å². The van der Waals surface area contributed by atoms with Crippen molar-refractivity contribution in [2.24, 2.45) is 0 Å². The Balaban J connectivity index is 1.75. The Morgan fingerprint density at radius 3 is 2.08 bits per heavy atom. The second-order valence-electron chi connectivity index (χ2n) is 10.2. The van der Waals surface area contributed by atoms with E-state index in [-0.39, 0.29) is 32.1 Å². The molecule has 0 bridgehead atoms. The number of nitrogens with zero attached hydrogens (tertiary/aromatic N) is 2. The van der Waals surface area contributed by atoms with Gasteiger partial charge in [-0.15, -0.1) is 0 Å². The van der Waals surface area contributed by atoms with E-state index in [1.807, 2.05) is 20.8 Å². The first-order chi connectivity index (χ1) is 16.6. The van der Waals surface area contributed by atoms with Crippen LogP contribution in [0.2, 0.25) is 5.02 Å². The van der Waals surface area contributed by atoms with Gasteiger partial charge in [-0.05, 0) is 55.2 Å².